The summed E-state index contributed by atoms with van der Waals surface area (Å²) in [4.78, 5) is 37.3. The summed E-state index contributed by atoms with van der Waals surface area (Å²) < 4.78 is 0. The number of piperidine rings is 1. The molecule has 1 aliphatic heterocycles. The fourth-order valence-electron chi connectivity index (χ4n) is 2.71. The van der Waals surface area contributed by atoms with E-state index in [1.165, 1.54) is 6.92 Å². The highest BCUT2D eigenvalue weighted by Gasteiger charge is 2.25. The summed E-state index contributed by atoms with van der Waals surface area (Å²) in [7, 11) is 0. The summed E-state index contributed by atoms with van der Waals surface area (Å²) in [5.41, 5.74) is 1.18. The number of nitrogens with zero attached hydrogens (tertiary/aromatic N) is 1. The van der Waals surface area contributed by atoms with Gasteiger partial charge in [0.2, 0.25) is 11.8 Å². The van der Waals surface area contributed by atoms with E-state index in [2.05, 4.69) is 10.6 Å². The van der Waals surface area contributed by atoms with Gasteiger partial charge in [-0.05, 0) is 31.0 Å². The van der Waals surface area contributed by atoms with Crippen LogP contribution in [0.4, 0.5) is 5.69 Å². The fourth-order valence-corrected chi connectivity index (χ4v) is 2.71. The molecule has 1 aromatic carbocycles. The van der Waals surface area contributed by atoms with Crippen molar-refractivity contribution in [3.05, 3.63) is 29.8 Å². The Balaban J connectivity index is 1.93. The summed E-state index contributed by atoms with van der Waals surface area (Å²) in [5, 5.41) is 5.71. The Morgan fingerprint density at radius 1 is 1.17 bits per heavy atom. The molecule has 0 unspecified atom stereocenters. The van der Waals surface area contributed by atoms with E-state index in [0.29, 0.717) is 24.3 Å². The van der Waals surface area contributed by atoms with Gasteiger partial charge in [0, 0.05) is 43.2 Å². The largest absolute Gasteiger partial charge is 0.353 e. The zero-order chi connectivity index (χ0) is 17.7. The summed E-state index contributed by atoms with van der Waals surface area (Å²) in [5.74, 6) is -0.180. The molecule has 0 saturated carbocycles. The molecule has 0 atom stereocenters. The number of carbonyl (C=O) groups excluding carboxylic acids is 3. The molecular weight excluding hydrogens is 306 g/mol. The number of likely N-dealkylation sites (tertiary alicyclic amines) is 1. The van der Waals surface area contributed by atoms with Crippen LogP contribution in [-0.2, 0) is 9.59 Å². The first-order chi connectivity index (χ1) is 11.4. The molecule has 6 nitrogen and oxygen atoms in total. The highest BCUT2D eigenvalue weighted by molar-refractivity contribution is 5.96. The molecule has 0 aliphatic carbocycles. The van der Waals surface area contributed by atoms with Gasteiger partial charge in [-0.2, -0.15) is 0 Å². The molecule has 130 valence electrons. The number of nitrogens with one attached hydrogen (secondary N) is 2. The van der Waals surface area contributed by atoms with Gasteiger partial charge in [-0.1, -0.05) is 19.9 Å². The third-order valence-electron chi connectivity index (χ3n) is 4.08. The van der Waals surface area contributed by atoms with Crippen molar-refractivity contribution in [2.75, 3.05) is 18.4 Å². The molecular formula is C18H25N3O3. The maximum Gasteiger partial charge on any atom is 0.253 e. The van der Waals surface area contributed by atoms with Crippen molar-refractivity contribution in [3.63, 3.8) is 0 Å². The lowest BCUT2D eigenvalue weighted by Gasteiger charge is -2.32. The van der Waals surface area contributed by atoms with Crippen molar-refractivity contribution >= 4 is 23.4 Å². The molecule has 1 saturated heterocycles. The molecule has 1 aliphatic rings. The van der Waals surface area contributed by atoms with Gasteiger partial charge in [-0.15, -0.1) is 0 Å². The lowest BCUT2D eigenvalue weighted by Crippen LogP contribution is -2.47. The Morgan fingerprint density at radius 3 is 2.42 bits per heavy atom. The van der Waals surface area contributed by atoms with Crippen LogP contribution in [0.2, 0.25) is 0 Å². The minimum Gasteiger partial charge on any atom is -0.353 e. The van der Waals surface area contributed by atoms with Crippen molar-refractivity contribution in [3.8, 4) is 0 Å². The van der Waals surface area contributed by atoms with Crippen LogP contribution in [0.5, 0.6) is 0 Å². The molecule has 0 aromatic heterocycles. The van der Waals surface area contributed by atoms with E-state index in [1.54, 1.807) is 29.2 Å². The first-order valence-corrected chi connectivity index (χ1v) is 8.34. The van der Waals surface area contributed by atoms with Crippen molar-refractivity contribution in [1.82, 2.24) is 10.2 Å². The van der Waals surface area contributed by atoms with Gasteiger partial charge in [0.1, 0.15) is 0 Å². The van der Waals surface area contributed by atoms with Gasteiger partial charge in [-0.3, -0.25) is 14.4 Å². The standard InChI is InChI=1S/C18H25N3O3/c1-12(2)17(23)20-15-7-9-21(10-8-15)18(24)14-5-4-6-16(11-14)19-13(3)22/h4-6,11-12,15H,7-10H2,1-3H3,(H,19,22)(H,20,23). The minimum absolute atomic E-state index is 0.0267. The molecule has 24 heavy (non-hydrogen) atoms. The summed E-state index contributed by atoms with van der Waals surface area (Å²) in [6.07, 6.45) is 1.52. The molecule has 2 N–H and O–H groups in total. The van der Waals surface area contributed by atoms with Crippen LogP contribution in [0.3, 0.4) is 0 Å². The highest BCUT2D eigenvalue weighted by Crippen LogP contribution is 2.17. The Kier molecular flexibility index (Phi) is 5.95. The maximum atomic E-state index is 12.6. The molecule has 0 radical (unpaired) electrons. The van der Waals surface area contributed by atoms with E-state index in [0.717, 1.165) is 12.8 Å². The summed E-state index contributed by atoms with van der Waals surface area (Å²) in [6, 6.07) is 7.09. The van der Waals surface area contributed by atoms with Gasteiger partial charge in [0.15, 0.2) is 0 Å². The van der Waals surface area contributed by atoms with Crippen LogP contribution in [0.25, 0.3) is 0 Å². The number of carbonyl (C=O) groups is 3. The third-order valence-corrected chi connectivity index (χ3v) is 4.08. The summed E-state index contributed by atoms with van der Waals surface area (Å²) in [6.45, 7) is 6.41. The van der Waals surface area contributed by atoms with Gasteiger partial charge < -0.3 is 15.5 Å². The van der Waals surface area contributed by atoms with Crippen LogP contribution in [0.15, 0.2) is 24.3 Å². The zero-order valence-corrected chi connectivity index (χ0v) is 14.5. The number of benzene rings is 1. The lowest BCUT2D eigenvalue weighted by atomic mass is 10.0. The van der Waals surface area contributed by atoms with Crippen molar-refractivity contribution in [2.24, 2.45) is 5.92 Å². The smallest absolute Gasteiger partial charge is 0.253 e. The second-order valence-corrected chi connectivity index (χ2v) is 6.49. The number of amides is 3. The lowest BCUT2D eigenvalue weighted by molar-refractivity contribution is -0.125. The normalized spacial score (nSPS) is 15.2. The number of hydrogen-bond acceptors (Lipinski definition) is 3. The van der Waals surface area contributed by atoms with E-state index in [-0.39, 0.29) is 29.7 Å². The molecule has 0 spiro atoms. The monoisotopic (exact) mass is 331 g/mol. The number of hydrogen-bond donors (Lipinski definition) is 2. The van der Waals surface area contributed by atoms with Crippen LogP contribution < -0.4 is 10.6 Å². The minimum atomic E-state index is -0.165. The van der Waals surface area contributed by atoms with Gasteiger partial charge in [0.25, 0.3) is 5.91 Å². The zero-order valence-electron chi connectivity index (χ0n) is 14.5. The number of rotatable bonds is 4. The van der Waals surface area contributed by atoms with Crippen molar-refractivity contribution in [1.29, 1.82) is 0 Å². The average molecular weight is 331 g/mol. The highest BCUT2D eigenvalue weighted by atomic mass is 16.2. The fraction of sp³-hybridized carbons (Fsp3) is 0.500. The molecule has 3 amide bonds. The number of anilines is 1. The first-order valence-electron chi connectivity index (χ1n) is 8.34. The van der Waals surface area contributed by atoms with Crippen molar-refractivity contribution in [2.45, 2.75) is 39.7 Å². The van der Waals surface area contributed by atoms with E-state index < -0.39 is 0 Å². The van der Waals surface area contributed by atoms with Crippen LogP contribution >= 0.6 is 0 Å². The average Bonchev–Trinajstić information content (AvgIpc) is 2.54. The maximum absolute atomic E-state index is 12.6. The molecule has 6 heteroatoms. The van der Waals surface area contributed by atoms with E-state index in [4.69, 9.17) is 0 Å². The molecule has 0 bridgehead atoms. The third kappa shape index (κ3) is 4.81. The van der Waals surface area contributed by atoms with Gasteiger partial charge in [0.05, 0.1) is 0 Å². The van der Waals surface area contributed by atoms with Crippen LogP contribution in [0.1, 0.15) is 44.0 Å². The molecule has 2 rings (SSSR count). The predicted molar refractivity (Wildman–Crippen MR) is 92.7 cm³/mol. The molecule has 1 heterocycles. The Bertz CT molecular complexity index is 620. The van der Waals surface area contributed by atoms with Crippen LogP contribution in [0, 0.1) is 5.92 Å². The SMILES string of the molecule is CC(=O)Nc1cccc(C(=O)N2CCC(NC(=O)C(C)C)CC2)c1. The predicted octanol–water partition coefficient (Wildman–Crippen LogP) is 2.02. The van der Waals surface area contributed by atoms with E-state index >= 15 is 0 Å². The Labute approximate surface area is 142 Å². The molecule has 1 fully saturated rings. The van der Waals surface area contributed by atoms with E-state index in [1.807, 2.05) is 13.8 Å². The first kappa shape index (κ1) is 18.0. The van der Waals surface area contributed by atoms with Gasteiger partial charge in [-0.25, -0.2) is 0 Å². The van der Waals surface area contributed by atoms with Gasteiger partial charge >= 0.3 is 0 Å². The Hall–Kier alpha value is -2.37. The van der Waals surface area contributed by atoms with Crippen molar-refractivity contribution < 1.29 is 14.4 Å². The topological polar surface area (TPSA) is 78.5 Å². The molecule has 1 aromatic rings. The Morgan fingerprint density at radius 2 is 1.83 bits per heavy atom. The van der Waals surface area contributed by atoms with Crippen LogP contribution in [-0.4, -0.2) is 41.8 Å². The second-order valence-electron chi connectivity index (χ2n) is 6.49. The van der Waals surface area contributed by atoms with E-state index in [9.17, 15) is 14.4 Å². The second kappa shape index (κ2) is 7.95. The summed E-state index contributed by atoms with van der Waals surface area (Å²) >= 11 is 0. The quantitative estimate of drug-likeness (QED) is 0.886.